The fourth-order valence-electron chi connectivity index (χ4n) is 1.72. The van der Waals surface area contributed by atoms with Crippen molar-refractivity contribution < 1.29 is 14.6 Å². The molecule has 0 amide bonds. The van der Waals surface area contributed by atoms with Gasteiger partial charge in [0.25, 0.3) is 5.82 Å². The van der Waals surface area contributed by atoms with Crippen LogP contribution in [0.5, 0.6) is 5.75 Å². The number of carbonyl (C=O) groups is 1. The Morgan fingerprint density at radius 2 is 2.16 bits per heavy atom. The van der Waals surface area contributed by atoms with Crippen LogP contribution in [-0.2, 0) is 0 Å². The van der Waals surface area contributed by atoms with E-state index in [4.69, 9.17) is 9.84 Å². The number of nitrogens with zero attached hydrogens (tertiary/aromatic N) is 3. The molecule has 1 aromatic heterocycles. The summed E-state index contributed by atoms with van der Waals surface area (Å²) in [5.74, 6) is 0.00658. The van der Waals surface area contributed by atoms with E-state index in [-0.39, 0.29) is 11.7 Å². The lowest BCUT2D eigenvalue weighted by atomic mass is 10.2. The highest BCUT2D eigenvalue weighted by molar-refractivity contribution is 5.83. The predicted octanol–water partition coefficient (Wildman–Crippen LogP) is 2.10. The molecule has 2 rings (SSSR count). The van der Waals surface area contributed by atoms with E-state index in [0.717, 1.165) is 5.69 Å². The number of carboxylic acids is 1. The van der Waals surface area contributed by atoms with Gasteiger partial charge in [-0.1, -0.05) is 19.9 Å². The Kier molecular flexibility index (Phi) is 3.50. The van der Waals surface area contributed by atoms with Crippen LogP contribution >= 0.6 is 0 Å². The fraction of sp³-hybridized carbons (Fsp3) is 0.308. The van der Waals surface area contributed by atoms with Crippen LogP contribution in [0.1, 0.15) is 36.2 Å². The molecule has 0 unspecified atom stereocenters. The van der Waals surface area contributed by atoms with Gasteiger partial charge < -0.3 is 9.84 Å². The van der Waals surface area contributed by atoms with Gasteiger partial charge in [0.1, 0.15) is 11.6 Å². The Balaban J connectivity index is 2.56. The van der Waals surface area contributed by atoms with Crippen LogP contribution < -0.4 is 4.74 Å². The fourth-order valence-corrected chi connectivity index (χ4v) is 1.72. The second-order valence-corrected chi connectivity index (χ2v) is 4.37. The van der Waals surface area contributed by atoms with E-state index in [1.165, 1.54) is 4.68 Å². The zero-order chi connectivity index (χ0) is 14.0. The van der Waals surface area contributed by atoms with Crippen molar-refractivity contribution in [2.24, 2.45) is 0 Å². The summed E-state index contributed by atoms with van der Waals surface area (Å²) in [6, 6.07) is 7.24. The third-order valence-electron chi connectivity index (χ3n) is 2.64. The molecule has 0 aliphatic heterocycles. The van der Waals surface area contributed by atoms with E-state index in [9.17, 15) is 4.79 Å². The standard InChI is InChI=1S/C13H15N3O3/c1-8(2)12-14-11(13(17)18)15-16(12)9-5-4-6-10(7-9)19-3/h4-8H,1-3H3,(H,17,18). The second-order valence-electron chi connectivity index (χ2n) is 4.37. The molecule has 1 N–H and O–H groups in total. The normalized spacial score (nSPS) is 10.7. The van der Waals surface area contributed by atoms with Crippen LogP contribution in [-0.4, -0.2) is 33.0 Å². The average Bonchev–Trinajstić information content (AvgIpc) is 2.84. The zero-order valence-corrected chi connectivity index (χ0v) is 11.0. The van der Waals surface area contributed by atoms with Crippen molar-refractivity contribution in [1.29, 1.82) is 0 Å². The molecule has 1 aromatic carbocycles. The minimum atomic E-state index is -1.14. The topological polar surface area (TPSA) is 77.2 Å². The molecular weight excluding hydrogens is 246 g/mol. The molecule has 6 heteroatoms. The van der Waals surface area contributed by atoms with E-state index >= 15 is 0 Å². The zero-order valence-electron chi connectivity index (χ0n) is 11.0. The summed E-state index contributed by atoms with van der Waals surface area (Å²) in [5.41, 5.74) is 0.725. The monoisotopic (exact) mass is 261 g/mol. The van der Waals surface area contributed by atoms with Crippen LogP contribution in [0.4, 0.5) is 0 Å². The molecule has 0 aliphatic carbocycles. The molecule has 0 aliphatic rings. The number of carboxylic acid groups (broad SMARTS) is 1. The molecule has 0 bridgehead atoms. The maximum Gasteiger partial charge on any atom is 0.375 e. The van der Waals surface area contributed by atoms with E-state index in [2.05, 4.69) is 10.1 Å². The van der Waals surface area contributed by atoms with Gasteiger partial charge in [0.2, 0.25) is 0 Å². The van der Waals surface area contributed by atoms with E-state index in [0.29, 0.717) is 11.6 Å². The van der Waals surface area contributed by atoms with Crippen molar-refractivity contribution in [3.8, 4) is 11.4 Å². The molecule has 100 valence electrons. The number of rotatable bonds is 4. The molecular formula is C13H15N3O3. The largest absolute Gasteiger partial charge is 0.497 e. The van der Waals surface area contributed by atoms with Gasteiger partial charge in [-0.05, 0) is 12.1 Å². The van der Waals surface area contributed by atoms with Gasteiger partial charge in [0.15, 0.2) is 0 Å². The molecule has 0 saturated heterocycles. The summed E-state index contributed by atoms with van der Waals surface area (Å²) in [6.07, 6.45) is 0. The van der Waals surface area contributed by atoms with Crippen LogP contribution in [0.15, 0.2) is 24.3 Å². The minimum Gasteiger partial charge on any atom is -0.497 e. The first-order valence-electron chi connectivity index (χ1n) is 5.87. The highest BCUT2D eigenvalue weighted by Gasteiger charge is 2.18. The lowest BCUT2D eigenvalue weighted by molar-refractivity contribution is 0.0683. The van der Waals surface area contributed by atoms with Crippen molar-refractivity contribution >= 4 is 5.97 Å². The summed E-state index contributed by atoms with van der Waals surface area (Å²) in [5, 5.41) is 13.0. The Bertz CT molecular complexity index is 605. The van der Waals surface area contributed by atoms with Crippen molar-refractivity contribution in [2.45, 2.75) is 19.8 Å². The van der Waals surface area contributed by atoms with Crippen LogP contribution in [0.25, 0.3) is 5.69 Å². The van der Waals surface area contributed by atoms with Crippen LogP contribution in [0.2, 0.25) is 0 Å². The molecule has 19 heavy (non-hydrogen) atoms. The van der Waals surface area contributed by atoms with Gasteiger partial charge in [-0.25, -0.2) is 14.5 Å². The second kappa shape index (κ2) is 5.09. The van der Waals surface area contributed by atoms with Crippen LogP contribution in [0.3, 0.4) is 0 Å². The van der Waals surface area contributed by atoms with E-state index in [1.807, 2.05) is 32.0 Å². The molecule has 0 radical (unpaired) electrons. The Labute approximate surface area is 110 Å². The summed E-state index contributed by atoms with van der Waals surface area (Å²) < 4.78 is 6.69. The Morgan fingerprint density at radius 3 is 2.74 bits per heavy atom. The third-order valence-corrected chi connectivity index (χ3v) is 2.64. The average molecular weight is 261 g/mol. The number of hydrogen-bond acceptors (Lipinski definition) is 4. The van der Waals surface area contributed by atoms with Crippen LogP contribution in [0, 0.1) is 0 Å². The Morgan fingerprint density at radius 1 is 1.42 bits per heavy atom. The van der Waals surface area contributed by atoms with Gasteiger partial charge in [-0.3, -0.25) is 0 Å². The SMILES string of the molecule is COc1cccc(-n2nc(C(=O)O)nc2C(C)C)c1. The Hall–Kier alpha value is -2.37. The van der Waals surface area contributed by atoms with Gasteiger partial charge in [0.05, 0.1) is 12.8 Å². The van der Waals surface area contributed by atoms with Crippen molar-refractivity contribution in [3.63, 3.8) is 0 Å². The maximum absolute atomic E-state index is 11.0. The summed E-state index contributed by atoms with van der Waals surface area (Å²) in [6.45, 7) is 3.87. The number of methoxy groups -OCH3 is 1. The first-order valence-corrected chi connectivity index (χ1v) is 5.87. The maximum atomic E-state index is 11.0. The quantitative estimate of drug-likeness (QED) is 0.911. The number of aromatic nitrogens is 3. The number of hydrogen-bond donors (Lipinski definition) is 1. The van der Waals surface area contributed by atoms with E-state index < -0.39 is 5.97 Å². The summed E-state index contributed by atoms with van der Waals surface area (Å²) in [4.78, 5) is 15.0. The number of aromatic carboxylic acids is 1. The molecule has 6 nitrogen and oxygen atoms in total. The third kappa shape index (κ3) is 2.57. The summed E-state index contributed by atoms with van der Waals surface area (Å²) >= 11 is 0. The number of benzene rings is 1. The number of ether oxygens (including phenoxy) is 1. The van der Waals surface area contributed by atoms with Crippen molar-refractivity contribution in [2.75, 3.05) is 7.11 Å². The summed E-state index contributed by atoms with van der Waals surface area (Å²) in [7, 11) is 1.58. The smallest absolute Gasteiger partial charge is 0.375 e. The highest BCUT2D eigenvalue weighted by atomic mass is 16.5. The van der Waals surface area contributed by atoms with Gasteiger partial charge >= 0.3 is 5.97 Å². The van der Waals surface area contributed by atoms with Gasteiger partial charge in [-0.15, -0.1) is 5.10 Å². The molecule has 0 spiro atoms. The highest BCUT2D eigenvalue weighted by Crippen LogP contribution is 2.20. The predicted molar refractivity (Wildman–Crippen MR) is 69.0 cm³/mol. The van der Waals surface area contributed by atoms with Crippen molar-refractivity contribution in [1.82, 2.24) is 14.8 Å². The van der Waals surface area contributed by atoms with Gasteiger partial charge in [0, 0.05) is 12.0 Å². The molecule has 0 saturated carbocycles. The lowest BCUT2D eigenvalue weighted by Crippen LogP contribution is -2.05. The first-order chi connectivity index (χ1) is 9.02. The molecule has 2 aromatic rings. The minimum absolute atomic E-state index is 0.0619. The molecule has 0 atom stereocenters. The lowest BCUT2D eigenvalue weighted by Gasteiger charge is -2.09. The first kappa shape index (κ1) is 13.1. The van der Waals surface area contributed by atoms with Gasteiger partial charge in [-0.2, -0.15) is 0 Å². The van der Waals surface area contributed by atoms with Crippen molar-refractivity contribution in [3.05, 3.63) is 35.9 Å². The van der Waals surface area contributed by atoms with E-state index in [1.54, 1.807) is 13.2 Å². The molecule has 0 fully saturated rings. The molecule has 1 heterocycles.